The molecule has 8 aromatic carbocycles. The minimum absolute atomic E-state index is 0. The molecule has 0 amide bonds. The molecule has 0 spiro atoms. The van der Waals surface area contributed by atoms with Gasteiger partial charge in [-0.2, -0.15) is 0 Å². The number of hydrogen-bond acceptors (Lipinski definition) is 8. The predicted octanol–water partition coefficient (Wildman–Crippen LogP) is 22.4. The monoisotopic (exact) mass is 2070 g/mol. The van der Waals surface area contributed by atoms with Crippen LogP contribution in [0.4, 0.5) is 0 Å². The van der Waals surface area contributed by atoms with Gasteiger partial charge in [-0.3, -0.25) is 4.79 Å². The van der Waals surface area contributed by atoms with Gasteiger partial charge in [0.15, 0.2) is 5.78 Å². The second kappa shape index (κ2) is 46.2. The molecule has 0 unspecified atom stereocenters. The largest absolute Gasteiger partial charge is 0.512 e. The third kappa shape index (κ3) is 29.7. The Kier molecular flexibility index (Phi) is 38.6. The number of pyridine rings is 6. The molecule has 0 fully saturated rings. The van der Waals surface area contributed by atoms with Gasteiger partial charge in [0.2, 0.25) is 0 Å². The van der Waals surface area contributed by atoms with Gasteiger partial charge in [-0.15, -0.1) is 214 Å². The molecule has 14 rings (SSSR count). The fourth-order valence-electron chi connectivity index (χ4n) is 9.86. The maximum Gasteiger partial charge on any atom is 0.155 e. The zero-order chi connectivity index (χ0) is 71.0. The predicted molar refractivity (Wildman–Crippen MR) is 412 cm³/mol. The number of carbonyl (C=O) groups is 1. The molecule has 0 saturated carbocycles. The van der Waals surface area contributed by atoms with Gasteiger partial charge in [0.05, 0.1) is 5.76 Å². The Balaban J connectivity index is 0.000000259. The minimum atomic E-state index is -0.125. The van der Waals surface area contributed by atoms with Gasteiger partial charge >= 0.3 is 0 Å². The summed E-state index contributed by atoms with van der Waals surface area (Å²) < 4.78 is 0. The number of aliphatic hydroxyl groups excluding tert-OH is 1. The van der Waals surface area contributed by atoms with Crippen LogP contribution >= 0.6 is 0 Å². The number of allylic oxidation sites excluding steroid dienone is 2. The van der Waals surface area contributed by atoms with E-state index in [-0.39, 0.29) is 92.0 Å². The standard InChI is InChI=1S/C19H16N.C18H14N.3C13H12N.C11H8N.C5H8O2.4Ir/c1-14-10-15(2)12-18(11-14)17-8-9-20-19(13-17)16-6-4-3-5-7-16;1-14-12-18(16-10-6-3-7-11-16)19-13-17(14)15-8-4-2-5-9-15;3*1-10-3-6-12(7-4-10)13-8-5-11(2)9-14-13;1-2-6-10(7-3-1)11-8-4-5-9-12-11;1-4(6)3-5(2)7;;;;/h3-6,8-13H,1-2H3;2-10,12-13H,1H3;3*3-6,8-9H,1-2H3;1-6,8-9H;3,6H,1-2H3;;;;/q6*-1;;;;;. The van der Waals surface area contributed by atoms with Crippen molar-refractivity contribution in [2.45, 2.75) is 76.2 Å². The number of rotatable bonds is 9. The van der Waals surface area contributed by atoms with Crippen LogP contribution in [0.25, 0.3) is 89.8 Å². The maximum absolute atomic E-state index is 10.0. The van der Waals surface area contributed by atoms with Gasteiger partial charge in [0.1, 0.15) is 0 Å². The molecular weight excluding hydrogens is 1990 g/mol. The topological polar surface area (TPSA) is 115 Å². The number of aryl methyl sites for hydroxylation is 9. The van der Waals surface area contributed by atoms with Crippen LogP contribution in [-0.4, -0.2) is 40.8 Å². The molecule has 0 aliphatic carbocycles. The molecule has 104 heavy (non-hydrogen) atoms. The van der Waals surface area contributed by atoms with Crippen LogP contribution in [0.15, 0.2) is 298 Å². The molecule has 0 atom stereocenters. The summed E-state index contributed by atoms with van der Waals surface area (Å²) in [7, 11) is 0. The molecule has 0 aliphatic rings. The number of benzene rings is 8. The van der Waals surface area contributed by atoms with Crippen LogP contribution in [0.3, 0.4) is 0 Å². The number of carbonyl (C=O) groups excluding carboxylic acids is 1. The smallest absolute Gasteiger partial charge is 0.155 e. The molecular formula is C92H82Ir4N6O2-6. The third-order valence-electron chi connectivity index (χ3n) is 15.0. The summed E-state index contributed by atoms with van der Waals surface area (Å²) in [5, 5.41) is 8.36. The Labute approximate surface area is 670 Å². The molecule has 0 aliphatic heterocycles. The third-order valence-corrected chi connectivity index (χ3v) is 15.0. The van der Waals surface area contributed by atoms with Gasteiger partial charge in [-0.05, 0) is 141 Å². The van der Waals surface area contributed by atoms with Gasteiger partial charge in [0.25, 0.3) is 0 Å². The van der Waals surface area contributed by atoms with Crippen molar-refractivity contribution >= 4 is 5.78 Å². The van der Waals surface area contributed by atoms with Crippen LogP contribution in [0.5, 0.6) is 0 Å². The number of hydrogen-bond donors (Lipinski definition) is 1. The fourth-order valence-corrected chi connectivity index (χ4v) is 9.86. The van der Waals surface area contributed by atoms with E-state index in [0.717, 1.165) is 67.5 Å². The van der Waals surface area contributed by atoms with E-state index in [4.69, 9.17) is 5.11 Å². The van der Waals surface area contributed by atoms with Crippen molar-refractivity contribution in [1.82, 2.24) is 29.9 Å². The molecule has 6 aromatic heterocycles. The second-order valence-electron chi connectivity index (χ2n) is 24.0. The maximum atomic E-state index is 10.0. The van der Waals surface area contributed by atoms with Crippen molar-refractivity contribution in [1.29, 1.82) is 0 Å². The van der Waals surface area contributed by atoms with Gasteiger partial charge in [-0.25, -0.2) is 0 Å². The van der Waals surface area contributed by atoms with E-state index in [1.807, 2.05) is 216 Å². The van der Waals surface area contributed by atoms with Crippen molar-refractivity contribution in [2.75, 3.05) is 0 Å². The van der Waals surface area contributed by atoms with Crippen LogP contribution in [0, 0.1) is 98.7 Å². The SMILES string of the molecule is CC(=O)C=C(C)O.Cc1c[c-]c(-c2ccc(C)cn2)cc1.Cc1c[c-]c(-c2ccc(C)cn2)cc1.Cc1c[c-]c(-c2ccc(C)cn2)cc1.Cc1cc(-c2[c-]cccc2)ncc1-c1ccccc1.Cc1cc(C)cc(-c2ccnc(-c3[c-]cccc3)c2)c1.[Ir].[Ir].[Ir].[Ir].[c-]1ccccc1-c1ccccn1. The Morgan fingerprint density at radius 2 is 0.683 bits per heavy atom. The van der Waals surface area contributed by atoms with Crippen LogP contribution in [0.2, 0.25) is 0 Å². The average molecular weight is 2070 g/mol. The molecule has 534 valence electrons. The molecule has 0 bridgehead atoms. The number of aromatic nitrogens is 6. The molecule has 12 heteroatoms. The summed E-state index contributed by atoms with van der Waals surface area (Å²) in [4.78, 5) is 36.3. The van der Waals surface area contributed by atoms with E-state index in [0.29, 0.717) is 0 Å². The van der Waals surface area contributed by atoms with E-state index < -0.39 is 0 Å². The van der Waals surface area contributed by atoms with Crippen LogP contribution < -0.4 is 0 Å². The quantitative estimate of drug-likeness (QED) is 0.0863. The van der Waals surface area contributed by atoms with Crippen LogP contribution in [0.1, 0.15) is 63.9 Å². The first kappa shape index (κ1) is 86.9. The van der Waals surface area contributed by atoms with Crippen LogP contribution in [-0.2, 0) is 85.2 Å². The summed E-state index contributed by atoms with van der Waals surface area (Å²) in [6, 6.07) is 103. The Bertz CT molecular complexity index is 4390. The first-order valence-corrected chi connectivity index (χ1v) is 32.9. The molecule has 1 N–H and O–H groups in total. The Morgan fingerprint density at radius 3 is 1.03 bits per heavy atom. The van der Waals surface area contributed by atoms with E-state index >= 15 is 0 Å². The molecule has 14 aromatic rings. The van der Waals surface area contributed by atoms with E-state index in [9.17, 15) is 4.79 Å². The molecule has 8 nitrogen and oxygen atoms in total. The second-order valence-corrected chi connectivity index (χ2v) is 24.0. The molecule has 0 saturated heterocycles. The van der Waals surface area contributed by atoms with E-state index in [1.165, 1.54) is 92.2 Å². The van der Waals surface area contributed by atoms with Gasteiger partial charge < -0.3 is 35.0 Å². The summed E-state index contributed by atoms with van der Waals surface area (Å²) in [6.45, 7) is 21.5. The van der Waals surface area contributed by atoms with Crippen molar-refractivity contribution < 1.29 is 90.3 Å². The summed E-state index contributed by atoms with van der Waals surface area (Å²) in [6.07, 6.45) is 12.4. The number of nitrogens with zero attached hydrogens (tertiary/aromatic N) is 6. The number of aliphatic hydroxyl groups is 1. The first-order chi connectivity index (χ1) is 48.4. The average Bonchev–Trinajstić information content (AvgIpc) is 0.834. The van der Waals surface area contributed by atoms with Crippen molar-refractivity contribution in [2.24, 2.45) is 0 Å². The van der Waals surface area contributed by atoms with Gasteiger partial charge in [0, 0.05) is 129 Å². The van der Waals surface area contributed by atoms with Crippen molar-refractivity contribution in [3.8, 4) is 89.8 Å². The molecule has 4 radical (unpaired) electrons. The van der Waals surface area contributed by atoms with E-state index in [1.54, 1.807) is 6.20 Å². The van der Waals surface area contributed by atoms with E-state index in [2.05, 4.69) is 193 Å². The zero-order valence-corrected chi connectivity index (χ0v) is 69.7. The van der Waals surface area contributed by atoms with Crippen molar-refractivity contribution in [3.05, 3.63) is 384 Å². The zero-order valence-electron chi connectivity index (χ0n) is 60.1. The number of ketones is 1. The first-order valence-electron chi connectivity index (χ1n) is 32.9. The molecule has 6 heterocycles. The summed E-state index contributed by atoms with van der Waals surface area (Å²) in [5.41, 5.74) is 27.9. The fraction of sp³-hybridized carbons (Fsp3) is 0.120. The normalized spacial score (nSPS) is 9.89. The minimum Gasteiger partial charge on any atom is -0.512 e. The Morgan fingerprint density at radius 1 is 0.308 bits per heavy atom. The van der Waals surface area contributed by atoms with Crippen molar-refractivity contribution in [3.63, 3.8) is 0 Å². The van der Waals surface area contributed by atoms with Gasteiger partial charge in [-0.1, -0.05) is 141 Å². The summed E-state index contributed by atoms with van der Waals surface area (Å²) >= 11 is 0. The Hall–Kier alpha value is -9.53. The summed E-state index contributed by atoms with van der Waals surface area (Å²) in [5.74, 6) is -0.0625.